The Kier molecular flexibility index (Phi) is 4.25. The van der Waals surface area contributed by atoms with Gasteiger partial charge >= 0.3 is 0 Å². The van der Waals surface area contributed by atoms with Crippen LogP contribution in [-0.4, -0.2) is 24.5 Å². The average Bonchev–Trinajstić information content (AvgIpc) is 3.13. The fourth-order valence-corrected chi connectivity index (χ4v) is 3.44. The van der Waals surface area contributed by atoms with Crippen LogP contribution >= 0.6 is 0 Å². The number of nitrogens with two attached hydrogens (primary N) is 1. The van der Waals surface area contributed by atoms with E-state index in [-0.39, 0.29) is 0 Å². The number of nitrogen functional groups attached to an aromatic ring is 1. The number of imidazole rings is 1. The van der Waals surface area contributed by atoms with Crippen LogP contribution in [0.3, 0.4) is 0 Å². The molecule has 1 aromatic carbocycles. The highest BCUT2D eigenvalue weighted by Crippen LogP contribution is 2.31. The second-order valence-corrected chi connectivity index (χ2v) is 7.30. The number of anilines is 1. The molecule has 30 heavy (non-hydrogen) atoms. The summed E-state index contributed by atoms with van der Waals surface area (Å²) in [7, 11) is 0. The van der Waals surface area contributed by atoms with Crippen LogP contribution in [0.2, 0.25) is 0 Å². The summed E-state index contributed by atoms with van der Waals surface area (Å²) in [4.78, 5) is 18.5. The molecule has 2 N–H and O–H groups in total. The first-order valence-corrected chi connectivity index (χ1v) is 9.70. The van der Waals surface area contributed by atoms with Gasteiger partial charge < -0.3 is 5.73 Å². The molecule has 0 amide bonds. The Bertz CT molecular complexity index is 1350. The van der Waals surface area contributed by atoms with Crippen LogP contribution in [0.1, 0.15) is 11.1 Å². The molecule has 0 fully saturated rings. The van der Waals surface area contributed by atoms with Gasteiger partial charge in [-0.25, -0.2) is 15.0 Å². The molecule has 0 aliphatic heterocycles. The van der Waals surface area contributed by atoms with E-state index in [0.717, 1.165) is 39.4 Å². The molecule has 0 unspecified atom stereocenters. The maximum atomic E-state index is 6.19. The zero-order valence-corrected chi connectivity index (χ0v) is 16.7. The smallest absolute Gasteiger partial charge is 0.165 e. The molecule has 6 heteroatoms. The summed E-state index contributed by atoms with van der Waals surface area (Å²) < 4.78 is 2.03. The Labute approximate surface area is 174 Å². The van der Waals surface area contributed by atoms with Gasteiger partial charge in [-0.3, -0.25) is 9.55 Å². The van der Waals surface area contributed by atoms with Gasteiger partial charge in [-0.15, -0.1) is 0 Å². The van der Waals surface area contributed by atoms with E-state index < -0.39 is 0 Å². The van der Waals surface area contributed by atoms with Crippen molar-refractivity contribution in [2.24, 2.45) is 0 Å². The molecular weight excluding hydrogens is 372 g/mol. The van der Waals surface area contributed by atoms with Gasteiger partial charge in [0.1, 0.15) is 11.3 Å². The third-order valence-electron chi connectivity index (χ3n) is 5.05. The number of nitrogens with zero attached hydrogens (tertiary/aromatic N) is 5. The number of hydrogen-bond donors (Lipinski definition) is 1. The third-order valence-corrected chi connectivity index (χ3v) is 5.05. The van der Waals surface area contributed by atoms with E-state index in [0.29, 0.717) is 11.6 Å². The zero-order chi connectivity index (χ0) is 20.7. The van der Waals surface area contributed by atoms with E-state index in [2.05, 4.69) is 41.2 Å². The van der Waals surface area contributed by atoms with E-state index in [4.69, 9.17) is 15.7 Å². The minimum absolute atomic E-state index is 0.432. The monoisotopic (exact) mass is 392 g/mol. The summed E-state index contributed by atoms with van der Waals surface area (Å²) in [5.74, 6) is 1.14. The predicted octanol–water partition coefficient (Wildman–Crippen LogP) is 4.74. The number of benzene rings is 1. The van der Waals surface area contributed by atoms with Gasteiger partial charge in [-0.05, 0) is 61.9 Å². The fraction of sp³-hybridized carbons (Fsp3) is 0.0833. The topological polar surface area (TPSA) is 82.5 Å². The molecule has 0 saturated heterocycles. The van der Waals surface area contributed by atoms with Gasteiger partial charge in [0.2, 0.25) is 0 Å². The molecule has 6 nitrogen and oxygen atoms in total. The zero-order valence-electron chi connectivity index (χ0n) is 16.7. The molecule has 0 bridgehead atoms. The first-order valence-electron chi connectivity index (χ1n) is 9.70. The Morgan fingerprint density at radius 2 is 1.53 bits per heavy atom. The molecule has 5 aromatic rings. The molecule has 0 aliphatic carbocycles. The normalized spacial score (nSPS) is 11.1. The number of fused-ring (bicyclic) bond motifs is 1. The summed E-state index contributed by atoms with van der Waals surface area (Å²) in [6, 6.07) is 20.0. The molecule has 4 heterocycles. The lowest BCUT2D eigenvalue weighted by Gasteiger charge is -2.11. The molecule has 0 atom stereocenters. The van der Waals surface area contributed by atoms with Crippen molar-refractivity contribution in [3.8, 4) is 28.5 Å². The summed E-state index contributed by atoms with van der Waals surface area (Å²) >= 11 is 0. The molecule has 5 rings (SSSR count). The van der Waals surface area contributed by atoms with E-state index in [1.54, 1.807) is 6.20 Å². The highest BCUT2D eigenvalue weighted by molar-refractivity contribution is 5.84. The lowest BCUT2D eigenvalue weighted by molar-refractivity contribution is 1.07. The van der Waals surface area contributed by atoms with Crippen molar-refractivity contribution in [1.29, 1.82) is 0 Å². The van der Waals surface area contributed by atoms with Gasteiger partial charge in [-0.1, -0.05) is 23.8 Å². The molecule has 0 radical (unpaired) electrons. The molecule has 146 valence electrons. The maximum absolute atomic E-state index is 6.19. The highest BCUT2D eigenvalue weighted by Gasteiger charge is 2.18. The SMILES string of the molecule is Cc1ccc(-n2c(-c3cccnc3N)nc3ccc(-c4ccc(C)cn4)nc32)cc1. The van der Waals surface area contributed by atoms with Crippen molar-refractivity contribution < 1.29 is 0 Å². The van der Waals surface area contributed by atoms with Crippen LogP contribution in [-0.2, 0) is 0 Å². The van der Waals surface area contributed by atoms with Gasteiger partial charge in [0.15, 0.2) is 11.5 Å². The van der Waals surface area contributed by atoms with Crippen molar-refractivity contribution >= 4 is 17.0 Å². The average molecular weight is 392 g/mol. The summed E-state index contributed by atoms with van der Waals surface area (Å²) in [6.07, 6.45) is 3.53. The van der Waals surface area contributed by atoms with Gasteiger partial charge in [0.05, 0.1) is 17.0 Å². The first kappa shape index (κ1) is 18.0. The van der Waals surface area contributed by atoms with Crippen molar-refractivity contribution in [1.82, 2.24) is 24.5 Å². The van der Waals surface area contributed by atoms with Crippen LogP contribution in [0.5, 0.6) is 0 Å². The van der Waals surface area contributed by atoms with Crippen LogP contribution < -0.4 is 5.73 Å². The number of hydrogen-bond acceptors (Lipinski definition) is 5. The number of aryl methyl sites for hydroxylation is 2. The summed E-state index contributed by atoms with van der Waals surface area (Å²) in [5, 5.41) is 0. The largest absolute Gasteiger partial charge is 0.383 e. The predicted molar refractivity (Wildman–Crippen MR) is 119 cm³/mol. The van der Waals surface area contributed by atoms with Gasteiger partial charge in [-0.2, -0.15) is 0 Å². The molecule has 4 aromatic heterocycles. The minimum atomic E-state index is 0.432. The Morgan fingerprint density at radius 3 is 2.27 bits per heavy atom. The Balaban J connectivity index is 1.79. The quantitative estimate of drug-likeness (QED) is 0.479. The maximum Gasteiger partial charge on any atom is 0.165 e. The number of pyridine rings is 3. The second kappa shape index (κ2) is 7.08. The van der Waals surface area contributed by atoms with Crippen LogP contribution in [0.4, 0.5) is 5.82 Å². The fourth-order valence-electron chi connectivity index (χ4n) is 3.44. The van der Waals surface area contributed by atoms with Crippen LogP contribution in [0, 0.1) is 13.8 Å². The lowest BCUT2D eigenvalue weighted by Crippen LogP contribution is -2.02. The van der Waals surface area contributed by atoms with Crippen LogP contribution in [0.25, 0.3) is 39.6 Å². The Hall–Kier alpha value is -4.06. The van der Waals surface area contributed by atoms with Crippen molar-refractivity contribution in [2.75, 3.05) is 5.73 Å². The van der Waals surface area contributed by atoms with E-state index in [9.17, 15) is 0 Å². The van der Waals surface area contributed by atoms with Crippen molar-refractivity contribution in [3.05, 3.63) is 84.2 Å². The molecular formula is C24H20N6. The summed E-state index contributed by atoms with van der Waals surface area (Å²) in [6.45, 7) is 4.08. The van der Waals surface area contributed by atoms with Gasteiger partial charge in [0, 0.05) is 18.1 Å². The number of aromatic nitrogens is 5. The number of rotatable bonds is 3. The third kappa shape index (κ3) is 3.08. The summed E-state index contributed by atoms with van der Waals surface area (Å²) in [5.41, 5.74) is 13.4. The molecule has 0 aliphatic rings. The molecule has 0 spiro atoms. The van der Waals surface area contributed by atoms with E-state index in [1.165, 1.54) is 5.56 Å². The first-order chi connectivity index (χ1) is 14.6. The lowest BCUT2D eigenvalue weighted by atomic mass is 10.2. The van der Waals surface area contributed by atoms with Crippen molar-refractivity contribution in [3.63, 3.8) is 0 Å². The minimum Gasteiger partial charge on any atom is -0.383 e. The van der Waals surface area contributed by atoms with Crippen molar-refractivity contribution in [2.45, 2.75) is 13.8 Å². The molecule has 0 saturated carbocycles. The standard InChI is InChI=1S/C24H20N6/c1-15-5-8-17(9-6-15)30-23(18-4-3-13-26-22(18)25)29-21-12-11-20(28-24(21)30)19-10-7-16(2)14-27-19/h3-14H,1-2H3,(H2,25,26). The van der Waals surface area contributed by atoms with E-state index >= 15 is 0 Å². The Morgan fingerprint density at radius 1 is 0.767 bits per heavy atom. The van der Waals surface area contributed by atoms with E-state index in [1.807, 2.05) is 54.1 Å². The van der Waals surface area contributed by atoms with Crippen LogP contribution in [0.15, 0.2) is 73.1 Å². The van der Waals surface area contributed by atoms with Gasteiger partial charge in [0.25, 0.3) is 0 Å². The highest BCUT2D eigenvalue weighted by atomic mass is 15.1. The second-order valence-electron chi connectivity index (χ2n) is 7.30.